The molecule has 17 heavy (non-hydrogen) atoms. The maximum absolute atomic E-state index is 8.51. The van der Waals surface area contributed by atoms with Crippen molar-refractivity contribution in [2.24, 2.45) is 10.9 Å². The Bertz CT molecular complexity index is 353. The maximum Gasteiger partial charge on any atom is 0.140 e. The van der Waals surface area contributed by atoms with E-state index in [0.717, 1.165) is 13.0 Å². The molecule has 1 heterocycles. The third-order valence-electron chi connectivity index (χ3n) is 2.89. The van der Waals surface area contributed by atoms with Crippen molar-refractivity contribution in [2.45, 2.75) is 25.8 Å². The molecule has 1 aromatic rings. The number of aromatic nitrogens is 1. The first-order valence-corrected chi connectivity index (χ1v) is 5.69. The Morgan fingerprint density at radius 3 is 2.76 bits per heavy atom. The van der Waals surface area contributed by atoms with E-state index in [1.807, 2.05) is 19.2 Å². The van der Waals surface area contributed by atoms with E-state index >= 15 is 0 Å². The standard InChI is InChI=1S/C12H20N4O/c1-10(9-12(13)15-17)16(2)8-5-11-3-6-14-7-4-11/h3-4,6-7,10,17H,5,8-9H2,1-2H3,(H2,13,15). The summed E-state index contributed by atoms with van der Waals surface area (Å²) < 4.78 is 0. The summed E-state index contributed by atoms with van der Waals surface area (Å²) in [5.41, 5.74) is 6.75. The summed E-state index contributed by atoms with van der Waals surface area (Å²) in [7, 11) is 2.04. The SMILES string of the molecule is CC(CC(N)=NO)N(C)CCc1ccncc1. The van der Waals surface area contributed by atoms with Crippen LogP contribution in [0, 0.1) is 0 Å². The number of pyridine rings is 1. The highest BCUT2D eigenvalue weighted by atomic mass is 16.4. The van der Waals surface area contributed by atoms with Gasteiger partial charge in [0.05, 0.1) is 0 Å². The lowest BCUT2D eigenvalue weighted by molar-refractivity contribution is 0.261. The number of nitrogens with two attached hydrogens (primary N) is 1. The van der Waals surface area contributed by atoms with Gasteiger partial charge >= 0.3 is 0 Å². The normalized spacial score (nSPS) is 13.9. The van der Waals surface area contributed by atoms with Crippen LogP contribution < -0.4 is 5.73 Å². The molecule has 94 valence electrons. The van der Waals surface area contributed by atoms with Crippen LogP contribution in [0.4, 0.5) is 0 Å². The molecule has 0 aliphatic heterocycles. The van der Waals surface area contributed by atoms with Crippen LogP contribution in [0.5, 0.6) is 0 Å². The molecule has 0 radical (unpaired) electrons. The van der Waals surface area contributed by atoms with Crippen LogP contribution in [-0.2, 0) is 6.42 Å². The first kappa shape index (κ1) is 13.4. The summed E-state index contributed by atoms with van der Waals surface area (Å²) in [4.78, 5) is 6.18. The summed E-state index contributed by atoms with van der Waals surface area (Å²) in [6, 6.07) is 4.29. The van der Waals surface area contributed by atoms with E-state index in [1.54, 1.807) is 12.4 Å². The van der Waals surface area contributed by atoms with E-state index in [-0.39, 0.29) is 11.9 Å². The van der Waals surface area contributed by atoms with Crippen molar-refractivity contribution in [2.75, 3.05) is 13.6 Å². The van der Waals surface area contributed by atoms with Crippen molar-refractivity contribution in [1.29, 1.82) is 0 Å². The van der Waals surface area contributed by atoms with Gasteiger partial charge in [0, 0.05) is 31.4 Å². The Kier molecular flexibility index (Phi) is 5.42. The van der Waals surface area contributed by atoms with Gasteiger partial charge in [-0.15, -0.1) is 0 Å². The van der Waals surface area contributed by atoms with Gasteiger partial charge in [0.25, 0.3) is 0 Å². The van der Waals surface area contributed by atoms with E-state index in [0.29, 0.717) is 6.42 Å². The molecule has 5 nitrogen and oxygen atoms in total. The van der Waals surface area contributed by atoms with Crippen LogP contribution in [0.15, 0.2) is 29.7 Å². The van der Waals surface area contributed by atoms with Gasteiger partial charge in [0.15, 0.2) is 0 Å². The third-order valence-corrected chi connectivity index (χ3v) is 2.89. The summed E-state index contributed by atoms with van der Waals surface area (Å²) in [6.45, 7) is 2.99. The predicted molar refractivity (Wildman–Crippen MR) is 68.1 cm³/mol. The number of oxime groups is 1. The second-order valence-corrected chi connectivity index (χ2v) is 4.23. The number of likely N-dealkylation sites (N-methyl/N-ethyl adjacent to an activating group) is 1. The molecular formula is C12H20N4O. The molecule has 0 saturated carbocycles. The van der Waals surface area contributed by atoms with E-state index < -0.39 is 0 Å². The monoisotopic (exact) mass is 236 g/mol. The van der Waals surface area contributed by atoms with Crippen LogP contribution >= 0.6 is 0 Å². The van der Waals surface area contributed by atoms with Crippen molar-refractivity contribution < 1.29 is 5.21 Å². The average Bonchev–Trinajstić information content (AvgIpc) is 2.36. The second-order valence-electron chi connectivity index (χ2n) is 4.23. The van der Waals surface area contributed by atoms with Gasteiger partial charge in [-0.1, -0.05) is 5.16 Å². The van der Waals surface area contributed by atoms with Crippen LogP contribution in [0.3, 0.4) is 0 Å². The van der Waals surface area contributed by atoms with Gasteiger partial charge in [0.1, 0.15) is 5.84 Å². The quantitative estimate of drug-likeness (QED) is 0.335. The van der Waals surface area contributed by atoms with E-state index in [2.05, 4.69) is 22.0 Å². The van der Waals surface area contributed by atoms with Gasteiger partial charge < -0.3 is 15.8 Å². The number of hydrogen-bond acceptors (Lipinski definition) is 4. The van der Waals surface area contributed by atoms with Crippen molar-refractivity contribution in [3.63, 3.8) is 0 Å². The zero-order valence-electron chi connectivity index (χ0n) is 10.4. The van der Waals surface area contributed by atoms with E-state index in [9.17, 15) is 0 Å². The highest BCUT2D eigenvalue weighted by Crippen LogP contribution is 2.04. The summed E-state index contributed by atoms with van der Waals surface area (Å²) in [5.74, 6) is 0.272. The molecule has 1 aromatic heterocycles. The molecule has 0 amide bonds. The fourth-order valence-electron chi connectivity index (χ4n) is 1.57. The first-order valence-electron chi connectivity index (χ1n) is 5.69. The Morgan fingerprint density at radius 2 is 2.18 bits per heavy atom. The summed E-state index contributed by atoms with van der Waals surface area (Å²) in [5, 5.41) is 11.5. The van der Waals surface area contributed by atoms with E-state index in [4.69, 9.17) is 10.9 Å². The van der Waals surface area contributed by atoms with Gasteiger partial charge in [-0.2, -0.15) is 0 Å². The largest absolute Gasteiger partial charge is 0.409 e. The third kappa shape index (κ3) is 4.82. The number of amidine groups is 1. The van der Waals surface area contributed by atoms with Gasteiger partial charge in [0.2, 0.25) is 0 Å². The molecule has 0 fully saturated rings. The molecule has 1 atom stereocenters. The van der Waals surface area contributed by atoms with Crippen molar-refractivity contribution >= 4 is 5.84 Å². The molecule has 0 aliphatic rings. The fourth-order valence-corrected chi connectivity index (χ4v) is 1.57. The van der Waals surface area contributed by atoms with Gasteiger partial charge in [-0.3, -0.25) is 4.98 Å². The van der Waals surface area contributed by atoms with Crippen LogP contribution in [0.1, 0.15) is 18.9 Å². The Hall–Kier alpha value is -1.62. The van der Waals surface area contributed by atoms with E-state index in [1.165, 1.54) is 5.56 Å². The maximum atomic E-state index is 8.51. The Morgan fingerprint density at radius 1 is 1.53 bits per heavy atom. The van der Waals surface area contributed by atoms with Crippen molar-refractivity contribution in [1.82, 2.24) is 9.88 Å². The molecule has 0 aliphatic carbocycles. The molecule has 0 saturated heterocycles. The van der Waals surface area contributed by atoms with Gasteiger partial charge in [-0.25, -0.2) is 0 Å². The number of hydrogen-bond donors (Lipinski definition) is 2. The number of nitrogens with zero attached hydrogens (tertiary/aromatic N) is 3. The lowest BCUT2D eigenvalue weighted by atomic mass is 10.1. The first-order chi connectivity index (χ1) is 8.13. The number of rotatable bonds is 6. The van der Waals surface area contributed by atoms with Crippen LogP contribution in [0.25, 0.3) is 0 Å². The lowest BCUT2D eigenvalue weighted by Crippen LogP contribution is -2.34. The Labute approximate surface area is 102 Å². The zero-order valence-corrected chi connectivity index (χ0v) is 10.4. The summed E-state index contributed by atoms with van der Waals surface area (Å²) >= 11 is 0. The molecule has 1 rings (SSSR count). The van der Waals surface area contributed by atoms with Crippen molar-refractivity contribution in [3.8, 4) is 0 Å². The predicted octanol–water partition coefficient (Wildman–Crippen LogP) is 1.08. The van der Waals surface area contributed by atoms with Crippen LogP contribution in [0.2, 0.25) is 0 Å². The molecule has 0 spiro atoms. The molecule has 0 aromatic carbocycles. The zero-order chi connectivity index (χ0) is 12.7. The highest BCUT2D eigenvalue weighted by Gasteiger charge is 2.10. The van der Waals surface area contributed by atoms with Crippen LogP contribution in [-0.4, -0.2) is 40.6 Å². The van der Waals surface area contributed by atoms with Crippen molar-refractivity contribution in [3.05, 3.63) is 30.1 Å². The molecular weight excluding hydrogens is 216 g/mol. The highest BCUT2D eigenvalue weighted by molar-refractivity contribution is 5.80. The average molecular weight is 236 g/mol. The Balaban J connectivity index is 2.36. The van der Waals surface area contributed by atoms with Gasteiger partial charge in [-0.05, 0) is 38.1 Å². The molecule has 1 unspecified atom stereocenters. The summed E-state index contributed by atoms with van der Waals surface area (Å²) in [6.07, 6.45) is 5.15. The fraction of sp³-hybridized carbons (Fsp3) is 0.500. The minimum Gasteiger partial charge on any atom is -0.409 e. The molecule has 0 bridgehead atoms. The smallest absolute Gasteiger partial charge is 0.140 e. The lowest BCUT2D eigenvalue weighted by Gasteiger charge is -2.24. The topological polar surface area (TPSA) is 74.7 Å². The molecule has 5 heteroatoms. The molecule has 3 N–H and O–H groups in total. The minimum absolute atomic E-state index is 0.257. The second kappa shape index (κ2) is 6.85. The minimum atomic E-state index is 0.257.